The smallest absolute Gasteiger partial charge is 0.274 e. The molecule has 2 N–H and O–H groups in total. The van der Waals surface area contributed by atoms with Crippen molar-refractivity contribution in [2.24, 2.45) is 5.92 Å². The van der Waals surface area contributed by atoms with Crippen molar-refractivity contribution in [3.8, 4) is 5.75 Å². The van der Waals surface area contributed by atoms with Crippen LogP contribution in [0.2, 0.25) is 0 Å². The fourth-order valence-corrected chi connectivity index (χ4v) is 3.42. The van der Waals surface area contributed by atoms with E-state index < -0.39 is 0 Å². The minimum absolute atomic E-state index is 0.0568. The number of piperidine rings is 1. The predicted octanol–water partition coefficient (Wildman–Crippen LogP) is 2.73. The van der Waals surface area contributed by atoms with Gasteiger partial charge in [-0.1, -0.05) is 0 Å². The topological polar surface area (TPSA) is 86.3 Å². The molecule has 2 fully saturated rings. The van der Waals surface area contributed by atoms with E-state index in [-0.39, 0.29) is 23.4 Å². The van der Waals surface area contributed by atoms with Gasteiger partial charge in [-0.25, -0.2) is 0 Å². The van der Waals surface area contributed by atoms with Crippen LogP contribution in [0.15, 0.2) is 30.3 Å². The third-order valence-corrected chi connectivity index (χ3v) is 5.14. The molecule has 0 bridgehead atoms. The summed E-state index contributed by atoms with van der Waals surface area (Å²) >= 11 is 0. The highest BCUT2D eigenvalue weighted by molar-refractivity contribution is 5.98. The van der Waals surface area contributed by atoms with Gasteiger partial charge in [0.05, 0.1) is 0 Å². The number of amides is 1. The minimum atomic E-state index is -0.0743. The van der Waals surface area contributed by atoms with Crippen LogP contribution in [0.4, 0.5) is 0 Å². The van der Waals surface area contributed by atoms with E-state index in [1.54, 1.807) is 17.0 Å². The minimum Gasteiger partial charge on any atom is -0.508 e. The Hall–Kier alpha value is -2.63. The van der Waals surface area contributed by atoms with Gasteiger partial charge in [0.15, 0.2) is 5.78 Å². The largest absolute Gasteiger partial charge is 0.508 e. The Labute approximate surface area is 145 Å². The van der Waals surface area contributed by atoms with Gasteiger partial charge >= 0.3 is 0 Å². The van der Waals surface area contributed by atoms with Crippen LogP contribution in [0.1, 0.15) is 58.1 Å². The zero-order valence-corrected chi connectivity index (χ0v) is 13.9. The van der Waals surface area contributed by atoms with E-state index in [1.165, 1.54) is 25.0 Å². The molecule has 1 amide bonds. The van der Waals surface area contributed by atoms with Crippen LogP contribution >= 0.6 is 0 Å². The number of aromatic amines is 1. The second-order valence-electron chi connectivity index (χ2n) is 6.96. The van der Waals surface area contributed by atoms with Crippen molar-refractivity contribution < 1.29 is 14.7 Å². The van der Waals surface area contributed by atoms with Crippen LogP contribution in [0, 0.1) is 5.92 Å². The number of carbonyl (C=O) groups excluding carboxylic acids is 2. The van der Waals surface area contributed by atoms with Crippen molar-refractivity contribution in [1.82, 2.24) is 15.1 Å². The van der Waals surface area contributed by atoms with Crippen molar-refractivity contribution >= 4 is 11.7 Å². The van der Waals surface area contributed by atoms with Crippen LogP contribution < -0.4 is 0 Å². The van der Waals surface area contributed by atoms with E-state index in [0.717, 1.165) is 5.69 Å². The molecule has 6 nitrogen and oxygen atoms in total. The number of hydrogen-bond donors (Lipinski definition) is 2. The van der Waals surface area contributed by atoms with Crippen molar-refractivity contribution in [1.29, 1.82) is 0 Å². The standard InChI is InChI=1S/C19H21N3O3/c23-15-5-3-13(4-6-15)18(24)14-7-9-22(10-8-14)19(25)17-11-16(20-21-17)12-1-2-12/h3-6,11-12,14,23H,1-2,7-10H2,(H,20,21). The maximum absolute atomic E-state index is 12.6. The molecule has 4 rings (SSSR count). The molecule has 1 aliphatic heterocycles. The molecule has 2 aliphatic rings. The van der Waals surface area contributed by atoms with E-state index in [1.807, 2.05) is 6.07 Å². The average molecular weight is 339 g/mol. The first-order valence-electron chi connectivity index (χ1n) is 8.79. The van der Waals surface area contributed by atoms with Gasteiger partial charge in [0.1, 0.15) is 11.4 Å². The molecule has 1 saturated carbocycles. The number of H-pyrrole nitrogens is 1. The van der Waals surface area contributed by atoms with Crippen molar-refractivity contribution in [3.05, 3.63) is 47.3 Å². The monoisotopic (exact) mass is 339 g/mol. The number of phenolic OH excluding ortho intramolecular Hbond substituents is 1. The van der Waals surface area contributed by atoms with Gasteiger partial charge in [-0.3, -0.25) is 14.7 Å². The Morgan fingerprint density at radius 3 is 2.40 bits per heavy atom. The van der Waals surface area contributed by atoms with Crippen LogP contribution in [-0.2, 0) is 0 Å². The van der Waals surface area contributed by atoms with Gasteiger partial charge in [0.25, 0.3) is 5.91 Å². The number of phenols is 1. The summed E-state index contributed by atoms with van der Waals surface area (Å²) in [6.45, 7) is 1.14. The molecule has 25 heavy (non-hydrogen) atoms. The van der Waals surface area contributed by atoms with Gasteiger partial charge < -0.3 is 10.0 Å². The number of ketones is 1. The number of rotatable bonds is 4. The fourth-order valence-electron chi connectivity index (χ4n) is 3.42. The summed E-state index contributed by atoms with van der Waals surface area (Å²) in [6, 6.07) is 8.23. The maximum atomic E-state index is 12.6. The predicted molar refractivity (Wildman–Crippen MR) is 91.6 cm³/mol. The molecule has 2 heterocycles. The number of nitrogens with zero attached hydrogens (tertiary/aromatic N) is 2. The summed E-state index contributed by atoms with van der Waals surface area (Å²) in [6.07, 6.45) is 3.65. The van der Waals surface area contributed by atoms with Crippen molar-refractivity contribution in [2.75, 3.05) is 13.1 Å². The van der Waals surface area contributed by atoms with E-state index >= 15 is 0 Å². The highest BCUT2D eigenvalue weighted by atomic mass is 16.3. The van der Waals surface area contributed by atoms with Crippen molar-refractivity contribution in [3.63, 3.8) is 0 Å². The number of aromatic nitrogens is 2. The lowest BCUT2D eigenvalue weighted by Crippen LogP contribution is -2.40. The average Bonchev–Trinajstić information content (AvgIpc) is 3.38. The van der Waals surface area contributed by atoms with Crippen LogP contribution in [0.25, 0.3) is 0 Å². The summed E-state index contributed by atoms with van der Waals surface area (Å²) < 4.78 is 0. The Morgan fingerprint density at radius 2 is 1.76 bits per heavy atom. The summed E-state index contributed by atoms with van der Waals surface area (Å²) in [7, 11) is 0. The van der Waals surface area contributed by atoms with Gasteiger partial charge in [0, 0.05) is 36.2 Å². The third kappa shape index (κ3) is 3.29. The molecule has 2 aromatic rings. The van der Waals surface area contributed by atoms with E-state index in [9.17, 15) is 14.7 Å². The second-order valence-corrected chi connectivity index (χ2v) is 6.96. The highest BCUT2D eigenvalue weighted by Crippen LogP contribution is 2.39. The van der Waals surface area contributed by atoms with E-state index in [4.69, 9.17) is 0 Å². The zero-order chi connectivity index (χ0) is 17.4. The lowest BCUT2D eigenvalue weighted by molar-refractivity contribution is 0.0645. The second kappa shape index (κ2) is 6.35. The normalized spacial score (nSPS) is 18.3. The molecule has 1 aromatic carbocycles. The molecule has 0 atom stereocenters. The number of hydrogen-bond acceptors (Lipinski definition) is 4. The fraction of sp³-hybridized carbons (Fsp3) is 0.421. The number of benzene rings is 1. The van der Waals surface area contributed by atoms with Crippen LogP contribution in [-0.4, -0.2) is 45.0 Å². The van der Waals surface area contributed by atoms with Gasteiger partial charge in [-0.05, 0) is 56.0 Å². The lowest BCUT2D eigenvalue weighted by atomic mass is 9.89. The van der Waals surface area contributed by atoms with E-state index in [2.05, 4.69) is 10.2 Å². The Bertz CT molecular complexity index is 785. The van der Waals surface area contributed by atoms with Crippen LogP contribution in [0.5, 0.6) is 5.75 Å². The first-order chi connectivity index (χ1) is 12.1. The number of likely N-dealkylation sites (tertiary alicyclic amines) is 1. The summed E-state index contributed by atoms with van der Waals surface area (Å²) in [5.41, 5.74) is 2.15. The zero-order valence-electron chi connectivity index (χ0n) is 13.9. The molecular weight excluding hydrogens is 318 g/mol. The van der Waals surface area contributed by atoms with Gasteiger partial charge in [-0.15, -0.1) is 0 Å². The highest BCUT2D eigenvalue weighted by Gasteiger charge is 2.31. The number of aromatic hydroxyl groups is 1. The van der Waals surface area contributed by atoms with Gasteiger partial charge in [0.2, 0.25) is 0 Å². The Kier molecular flexibility index (Phi) is 4.03. The Balaban J connectivity index is 1.36. The molecule has 1 saturated heterocycles. The number of nitrogens with one attached hydrogen (secondary N) is 1. The molecular formula is C19H21N3O3. The molecule has 0 spiro atoms. The molecule has 6 heteroatoms. The first-order valence-corrected chi connectivity index (χ1v) is 8.79. The Morgan fingerprint density at radius 1 is 1.08 bits per heavy atom. The molecule has 130 valence electrons. The lowest BCUT2D eigenvalue weighted by Gasteiger charge is -2.30. The van der Waals surface area contributed by atoms with Gasteiger partial charge in [-0.2, -0.15) is 5.10 Å². The maximum Gasteiger partial charge on any atom is 0.274 e. The number of Topliss-reactive ketones (excluding diaryl/α,β-unsaturated/α-hetero) is 1. The summed E-state index contributed by atoms with van der Waals surface area (Å²) in [4.78, 5) is 26.9. The summed E-state index contributed by atoms with van der Waals surface area (Å²) in [5, 5.41) is 16.5. The molecule has 0 radical (unpaired) electrons. The third-order valence-electron chi connectivity index (χ3n) is 5.14. The molecule has 0 unspecified atom stereocenters. The molecule has 1 aromatic heterocycles. The van der Waals surface area contributed by atoms with E-state index in [0.29, 0.717) is 43.1 Å². The molecule has 1 aliphatic carbocycles. The first kappa shape index (κ1) is 15.9. The quantitative estimate of drug-likeness (QED) is 0.839. The van der Waals surface area contributed by atoms with Crippen LogP contribution in [0.3, 0.4) is 0 Å². The van der Waals surface area contributed by atoms with Crippen molar-refractivity contribution in [2.45, 2.75) is 31.6 Å². The summed E-state index contributed by atoms with van der Waals surface area (Å²) in [5.74, 6) is 0.653. The number of carbonyl (C=O) groups is 2. The SMILES string of the molecule is O=C(c1ccc(O)cc1)C1CCN(C(=O)c2cc(C3CC3)[nH]n2)CC1.